The average Bonchev–Trinajstić information content (AvgIpc) is 2.46. The minimum Gasteiger partial charge on any atom is -0.387 e. The smallest absolute Gasteiger partial charge is 0.0942 e. The topological polar surface area (TPSA) is 23.5 Å². The molecule has 2 nitrogen and oxygen atoms in total. The van der Waals surface area contributed by atoms with Gasteiger partial charge in [-0.15, -0.1) is 0 Å². The second-order valence-corrected chi connectivity index (χ2v) is 5.51. The van der Waals surface area contributed by atoms with Gasteiger partial charge in [-0.2, -0.15) is 0 Å². The first-order valence-corrected chi connectivity index (χ1v) is 7.19. The number of aliphatic hydroxyl groups is 1. The molecule has 100 valence electrons. The van der Waals surface area contributed by atoms with Gasteiger partial charge in [0.1, 0.15) is 0 Å². The van der Waals surface area contributed by atoms with Crippen LogP contribution < -0.4 is 0 Å². The maximum atomic E-state index is 10.5. The van der Waals surface area contributed by atoms with Gasteiger partial charge in [-0.05, 0) is 37.8 Å². The number of aliphatic hydroxyl groups excluding tert-OH is 1. The van der Waals surface area contributed by atoms with Crippen molar-refractivity contribution < 1.29 is 5.11 Å². The molecule has 0 aromatic heterocycles. The third-order valence-corrected chi connectivity index (χ3v) is 4.30. The first kappa shape index (κ1) is 13.6. The minimum atomic E-state index is -0.373. The van der Waals surface area contributed by atoms with Crippen molar-refractivity contribution in [1.82, 2.24) is 4.90 Å². The molecular weight excluding hydrogens is 222 g/mol. The molecule has 1 saturated heterocycles. The third kappa shape index (κ3) is 3.12. The Balaban J connectivity index is 2.00. The molecule has 0 spiro atoms. The molecule has 1 aromatic rings. The van der Waals surface area contributed by atoms with Gasteiger partial charge >= 0.3 is 0 Å². The average molecular weight is 247 g/mol. The Morgan fingerprint density at radius 3 is 2.72 bits per heavy atom. The number of hydrogen-bond acceptors (Lipinski definition) is 2. The molecule has 3 atom stereocenters. The van der Waals surface area contributed by atoms with E-state index in [1.807, 2.05) is 30.3 Å². The first-order chi connectivity index (χ1) is 8.72. The van der Waals surface area contributed by atoms with Gasteiger partial charge in [0.2, 0.25) is 0 Å². The second-order valence-electron chi connectivity index (χ2n) is 5.51. The van der Waals surface area contributed by atoms with Crippen LogP contribution in [-0.4, -0.2) is 29.1 Å². The van der Waals surface area contributed by atoms with Gasteiger partial charge in [-0.3, -0.25) is 4.90 Å². The van der Waals surface area contributed by atoms with Crippen LogP contribution in [-0.2, 0) is 0 Å². The van der Waals surface area contributed by atoms with Crippen LogP contribution in [0.25, 0.3) is 0 Å². The van der Waals surface area contributed by atoms with E-state index in [-0.39, 0.29) is 12.1 Å². The highest BCUT2D eigenvalue weighted by molar-refractivity contribution is 5.18. The van der Waals surface area contributed by atoms with Gasteiger partial charge in [0, 0.05) is 12.6 Å². The van der Waals surface area contributed by atoms with Crippen LogP contribution in [0, 0.1) is 5.92 Å². The molecule has 1 aromatic carbocycles. The number of piperidine rings is 1. The highest BCUT2D eigenvalue weighted by Crippen LogP contribution is 2.26. The fourth-order valence-corrected chi connectivity index (χ4v) is 2.93. The summed E-state index contributed by atoms with van der Waals surface area (Å²) in [7, 11) is 0. The molecule has 3 unspecified atom stereocenters. The van der Waals surface area contributed by atoms with Gasteiger partial charge in [0.15, 0.2) is 0 Å². The van der Waals surface area contributed by atoms with Crippen molar-refractivity contribution in [2.75, 3.05) is 13.1 Å². The van der Waals surface area contributed by atoms with Gasteiger partial charge in [0.05, 0.1) is 6.10 Å². The van der Waals surface area contributed by atoms with E-state index in [1.54, 1.807) is 0 Å². The molecule has 0 radical (unpaired) electrons. The van der Waals surface area contributed by atoms with E-state index in [0.717, 1.165) is 24.6 Å². The lowest BCUT2D eigenvalue weighted by atomic mass is 9.93. The second kappa shape index (κ2) is 6.35. The van der Waals surface area contributed by atoms with Crippen molar-refractivity contribution in [2.24, 2.45) is 5.92 Å². The van der Waals surface area contributed by atoms with E-state index in [4.69, 9.17) is 0 Å². The quantitative estimate of drug-likeness (QED) is 0.883. The molecule has 1 heterocycles. The van der Waals surface area contributed by atoms with Crippen molar-refractivity contribution in [3.05, 3.63) is 35.9 Å². The normalized spacial score (nSPS) is 24.7. The Labute approximate surface area is 111 Å². The third-order valence-electron chi connectivity index (χ3n) is 4.30. The van der Waals surface area contributed by atoms with Crippen molar-refractivity contribution in [1.29, 1.82) is 0 Å². The maximum absolute atomic E-state index is 10.5. The zero-order valence-corrected chi connectivity index (χ0v) is 11.5. The largest absolute Gasteiger partial charge is 0.387 e. The van der Waals surface area contributed by atoms with Crippen LogP contribution in [0.3, 0.4) is 0 Å². The molecule has 0 aliphatic carbocycles. The van der Waals surface area contributed by atoms with Crippen LogP contribution in [0.1, 0.15) is 44.8 Å². The lowest BCUT2D eigenvalue weighted by Crippen LogP contribution is -2.44. The lowest BCUT2D eigenvalue weighted by molar-refractivity contribution is 0.0321. The van der Waals surface area contributed by atoms with E-state index in [9.17, 15) is 5.11 Å². The van der Waals surface area contributed by atoms with Gasteiger partial charge in [-0.1, -0.05) is 43.7 Å². The molecule has 0 amide bonds. The number of hydrogen-bond donors (Lipinski definition) is 1. The van der Waals surface area contributed by atoms with E-state index in [1.165, 1.54) is 19.3 Å². The first-order valence-electron chi connectivity index (χ1n) is 7.19. The van der Waals surface area contributed by atoms with Crippen molar-refractivity contribution >= 4 is 0 Å². The molecule has 2 rings (SSSR count). The van der Waals surface area contributed by atoms with E-state index in [0.29, 0.717) is 0 Å². The summed E-state index contributed by atoms with van der Waals surface area (Å²) in [5, 5.41) is 10.5. The fourth-order valence-electron chi connectivity index (χ4n) is 2.93. The van der Waals surface area contributed by atoms with Crippen LogP contribution in [0.2, 0.25) is 0 Å². The summed E-state index contributed by atoms with van der Waals surface area (Å²) in [5.41, 5.74) is 1.03. The molecule has 18 heavy (non-hydrogen) atoms. The van der Waals surface area contributed by atoms with Gasteiger partial charge < -0.3 is 5.11 Å². The number of rotatable bonds is 4. The summed E-state index contributed by atoms with van der Waals surface area (Å²) < 4.78 is 0. The SMILES string of the molecule is CCC1CCCN(C(C)C(O)c2ccccc2)C1. The van der Waals surface area contributed by atoms with E-state index in [2.05, 4.69) is 18.7 Å². The van der Waals surface area contributed by atoms with Crippen LogP contribution in [0.15, 0.2) is 30.3 Å². The van der Waals surface area contributed by atoms with Gasteiger partial charge in [0.25, 0.3) is 0 Å². The molecule has 1 fully saturated rings. The molecular formula is C16H25NO. The zero-order chi connectivity index (χ0) is 13.0. The summed E-state index contributed by atoms with van der Waals surface area (Å²) >= 11 is 0. The standard InChI is InChI=1S/C16H25NO/c1-3-14-8-7-11-17(12-14)13(2)16(18)15-9-5-4-6-10-15/h4-6,9-10,13-14,16,18H,3,7-8,11-12H2,1-2H3. The van der Waals surface area contributed by atoms with Gasteiger partial charge in [-0.25, -0.2) is 0 Å². The van der Waals surface area contributed by atoms with Crippen molar-refractivity contribution in [2.45, 2.75) is 45.3 Å². The molecule has 0 bridgehead atoms. The Morgan fingerprint density at radius 1 is 1.33 bits per heavy atom. The Hall–Kier alpha value is -0.860. The number of nitrogens with zero attached hydrogens (tertiary/aromatic N) is 1. The Bertz CT molecular complexity index is 351. The van der Waals surface area contributed by atoms with Crippen molar-refractivity contribution in [3.8, 4) is 0 Å². The minimum absolute atomic E-state index is 0.210. The fraction of sp³-hybridized carbons (Fsp3) is 0.625. The highest BCUT2D eigenvalue weighted by Gasteiger charge is 2.27. The Morgan fingerprint density at radius 2 is 2.06 bits per heavy atom. The lowest BCUT2D eigenvalue weighted by Gasteiger charge is -2.38. The number of likely N-dealkylation sites (tertiary alicyclic amines) is 1. The van der Waals surface area contributed by atoms with Crippen molar-refractivity contribution in [3.63, 3.8) is 0 Å². The molecule has 1 aliphatic rings. The van der Waals surface area contributed by atoms with E-state index >= 15 is 0 Å². The summed E-state index contributed by atoms with van der Waals surface area (Å²) in [6.07, 6.45) is 3.50. The van der Waals surface area contributed by atoms with Crippen LogP contribution in [0.5, 0.6) is 0 Å². The van der Waals surface area contributed by atoms with Crippen LogP contribution in [0.4, 0.5) is 0 Å². The molecule has 2 heteroatoms. The number of benzene rings is 1. The summed E-state index contributed by atoms with van der Waals surface area (Å²) in [5.74, 6) is 0.809. The predicted molar refractivity (Wildman–Crippen MR) is 75.5 cm³/mol. The summed E-state index contributed by atoms with van der Waals surface area (Å²) in [4.78, 5) is 2.45. The van der Waals surface area contributed by atoms with E-state index < -0.39 is 0 Å². The molecule has 0 saturated carbocycles. The zero-order valence-electron chi connectivity index (χ0n) is 11.5. The van der Waals surface area contributed by atoms with Crippen LogP contribution >= 0.6 is 0 Å². The maximum Gasteiger partial charge on any atom is 0.0942 e. The monoisotopic (exact) mass is 247 g/mol. The Kier molecular flexibility index (Phi) is 4.79. The molecule has 1 aliphatic heterocycles. The molecule has 1 N–H and O–H groups in total. The summed E-state index contributed by atoms with van der Waals surface area (Å²) in [6.45, 7) is 6.69. The highest BCUT2D eigenvalue weighted by atomic mass is 16.3. The summed E-state index contributed by atoms with van der Waals surface area (Å²) in [6, 6.07) is 10.2. The predicted octanol–water partition coefficient (Wildman–Crippen LogP) is 3.23.